The Balaban J connectivity index is 1.31. The summed E-state index contributed by atoms with van der Waals surface area (Å²) >= 11 is 0. The third-order valence-electron chi connectivity index (χ3n) is 4.69. The molecule has 3 aromatic rings. The fraction of sp³-hybridized carbons (Fsp3) is 0.136. The van der Waals surface area contributed by atoms with Crippen molar-refractivity contribution in [2.24, 2.45) is 0 Å². The van der Waals surface area contributed by atoms with E-state index in [9.17, 15) is 14.4 Å². The Morgan fingerprint density at radius 2 is 1.57 bits per heavy atom. The summed E-state index contributed by atoms with van der Waals surface area (Å²) in [5.74, 6) is -0.323. The van der Waals surface area contributed by atoms with Gasteiger partial charge >= 0.3 is 0 Å². The minimum atomic E-state index is -0.362. The summed E-state index contributed by atoms with van der Waals surface area (Å²) in [5, 5.41) is 5.94. The predicted octanol–water partition coefficient (Wildman–Crippen LogP) is 3.15. The van der Waals surface area contributed by atoms with Gasteiger partial charge in [0.15, 0.2) is 0 Å². The van der Waals surface area contributed by atoms with Crippen LogP contribution in [-0.2, 0) is 4.79 Å². The third-order valence-corrected chi connectivity index (χ3v) is 4.69. The molecule has 150 valence electrons. The molecule has 30 heavy (non-hydrogen) atoms. The van der Waals surface area contributed by atoms with Crippen LogP contribution in [0.25, 0.3) is 0 Å². The van der Waals surface area contributed by atoms with E-state index in [1.165, 1.54) is 6.33 Å². The van der Waals surface area contributed by atoms with Crippen molar-refractivity contribution in [3.05, 3.63) is 77.7 Å². The van der Waals surface area contributed by atoms with E-state index in [1.54, 1.807) is 36.4 Å². The number of imide groups is 1. The summed E-state index contributed by atoms with van der Waals surface area (Å²) < 4.78 is 0. The van der Waals surface area contributed by atoms with E-state index in [1.807, 2.05) is 25.1 Å². The number of aromatic nitrogens is 2. The van der Waals surface area contributed by atoms with Crippen LogP contribution in [0.1, 0.15) is 32.8 Å². The van der Waals surface area contributed by atoms with Gasteiger partial charge in [0.1, 0.15) is 12.1 Å². The molecule has 3 amide bonds. The van der Waals surface area contributed by atoms with Crippen molar-refractivity contribution < 1.29 is 14.4 Å². The Morgan fingerprint density at radius 3 is 2.20 bits per heavy atom. The number of fused-ring (bicyclic) bond motifs is 1. The molecule has 0 aliphatic carbocycles. The van der Waals surface area contributed by atoms with E-state index in [2.05, 4.69) is 20.6 Å². The largest absolute Gasteiger partial charge is 0.340 e. The van der Waals surface area contributed by atoms with Gasteiger partial charge in [-0.05, 0) is 43.3 Å². The van der Waals surface area contributed by atoms with Crippen LogP contribution in [-0.4, -0.2) is 39.1 Å². The summed E-state index contributed by atoms with van der Waals surface area (Å²) in [5.41, 5.74) is 3.05. The molecule has 2 heterocycles. The minimum absolute atomic E-state index is 0.0195. The first-order valence-corrected chi connectivity index (χ1v) is 9.42. The maximum Gasteiger partial charge on any atom is 0.261 e. The van der Waals surface area contributed by atoms with Crippen molar-refractivity contribution in [1.29, 1.82) is 0 Å². The molecule has 0 atom stereocenters. The monoisotopic (exact) mass is 401 g/mol. The molecule has 2 N–H and O–H groups in total. The number of nitrogens with zero attached hydrogens (tertiary/aromatic N) is 3. The Bertz CT molecular complexity index is 1090. The average molecular weight is 401 g/mol. The molecule has 0 radical (unpaired) electrons. The van der Waals surface area contributed by atoms with E-state index in [-0.39, 0.29) is 30.7 Å². The molecule has 0 saturated heterocycles. The van der Waals surface area contributed by atoms with Gasteiger partial charge in [0, 0.05) is 36.1 Å². The molecule has 0 spiro atoms. The zero-order valence-electron chi connectivity index (χ0n) is 16.3. The predicted molar refractivity (Wildman–Crippen MR) is 112 cm³/mol. The lowest BCUT2D eigenvalue weighted by Crippen LogP contribution is -2.32. The number of benzene rings is 2. The van der Waals surface area contributed by atoms with E-state index in [0.29, 0.717) is 22.6 Å². The second kappa shape index (κ2) is 8.12. The van der Waals surface area contributed by atoms with Gasteiger partial charge < -0.3 is 10.6 Å². The van der Waals surface area contributed by atoms with Crippen LogP contribution in [0.3, 0.4) is 0 Å². The Morgan fingerprint density at radius 1 is 0.933 bits per heavy atom. The number of rotatable bonds is 6. The van der Waals surface area contributed by atoms with E-state index < -0.39 is 0 Å². The maximum atomic E-state index is 12.3. The summed E-state index contributed by atoms with van der Waals surface area (Å²) in [6.45, 7) is 1.92. The van der Waals surface area contributed by atoms with Gasteiger partial charge in [-0.15, -0.1) is 0 Å². The molecule has 0 unspecified atom stereocenters. The van der Waals surface area contributed by atoms with Crippen LogP contribution >= 0.6 is 0 Å². The Hall–Kier alpha value is -4.07. The van der Waals surface area contributed by atoms with E-state index in [0.717, 1.165) is 16.3 Å². The number of anilines is 3. The number of aryl methyl sites for hydroxylation is 1. The molecule has 1 aliphatic rings. The van der Waals surface area contributed by atoms with Gasteiger partial charge in [0.2, 0.25) is 5.91 Å². The first-order chi connectivity index (χ1) is 14.5. The number of carbonyl (C=O) groups excluding carboxylic acids is 3. The number of hydrogen-bond donors (Lipinski definition) is 2. The van der Waals surface area contributed by atoms with Crippen LogP contribution < -0.4 is 10.6 Å². The molecule has 1 aromatic heterocycles. The normalized spacial score (nSPS) is 12.6. The summed E-state index contributed by atoms with van der Waals surface area (Å²) in [6.07, 6.45) is 1.51. The van der Waals surface area contributed by atoms with Crippen molar-refractivity contribution in [2.45, 2.75) is 13.3 Å². The second-order valence-electron chi connectivity index (χ2n) is 6.85. The topological polar surface area (TPSA) is 104 Å². The van der Waals surface area contributed by atoms with Crippen molar-refractivity contribution in [3.63, 3.8) is 0 Å². The minimum Gasteiger partial charge on any atom is -0.340 e. The Kier molecular flexibility index (Phi) is 5.21. The van der Waals surface area contributed by atoms with Crippen molar-refractivity contribution in [1.82, 2.24) is 14.9 Å². The molecular weight excluding hydrogens is 382 g/mol. The van der Waals surface area contributed by atoms with Gasteiger partial charge in [0.05, 0.1) is 11.1 Å². The van der Waals surface area contributed by atoms with Crippen LogP contribution in [0.15, 0.2) is 60.9 Å². The SMILES string of the molecule is Cc1cc(Nc2ccc(NC(=O)CCN3C(=O)c4ccccc4C3=O)cc2)ncn1. The van der Waals surface area contributed by atoms with Gasteiger partial charge in [-0.1, -0.05) is 12.1 Å². The van der Waals surface area contributed by atoms with Gasteiger partial charge in [-0.3, -0.25) is 19.3 Å². The fourth-order valence-corrected chi connectivity index (χ4v) is 3.19. The molecule has 2 aromatic carbocycles. The molecule has 8 heteroatoms. The first-order valence-electron chi connectivity index (χ1n) is 9.42. The molecule has 0 fully saturated rings. The summed E-state index contributed by atoms with van der Waals surface area (Å²) in [7, 11) is 0. The third kappa shape index (κ3) is 4.02. The summed E-state index contributed by atoms with van der Waals surface area (Å²) in [6, 6.07) is 15.6. The molecule has 8 nitrogen and oxygen atoms in total. The highest BCUT2D eigenvalue weighted by molar-refractivity contribution is 6.21. The zero-order chi connectivity index (χ0) is 21.1. The standard InChI is InChI=1S/C22H19N5O3/c1-14-12-19(24-13-23-14)25-15-6-8-16(9-7-15)26-20(28)10-11-27-21(29)17-4-2-3-5-18(17)22(27)30/h2-9,12-13H,10-11H2,1H3,(H,26,28)(H,23,24,25). The molecule has 1 aliphatic heterocycles. The second-order valence-corrected chi connectivity index (χ2v) is 6.85. The lowest BCUT2D eigenvalue weighted by atomic mass is 10.1. The molecule has 0 saturated carbocycles. The quantitative estimate of drug-likeness (QED) is 0.615. The average Bonchev–Trinajstić information content (AvgIpc) is 2.98. The van der Waals surface area contributed by atoms with Crippen molar-refractivity contribution in [2.75, 3.05) is 17.2 Å². The van der Waals surface area contributed by atoms with Crippen LogP contribution in [0, 0.1) is 6.92 Å². The van der Waals surface area contributed by atoms with Gasteiger partial charge in [-0.25, -0.2) is 9.97 Å². The zero-order valence-corrected chi connectivity index (χ0v) is 16.3. The molecule has 0 bridgehead atoms. The van der Waals surface area contributed by atoms with Gasteiger partial charge in [0.25, 0.3) is 11.8 Å². The molecular formula is C22H19N5O3. The van der Waals surface area contributed by atoms with Crippen LogP contribution in [0.5, 0.6) is 0 Å². The number of carbonyl (C=O) groups is 3. The molecule has 4 rings (SSSR count). The highest BCUT2D eigenvalue weighted by atomic mass is 16.2. The van der Waals surface area contributed by atoms with E-state index >= 15 is 0 Å². The first kappa shape index (κ1) is 19.3. The lowest BCUT2D eigenvalue weighted by Gasteiger charge is -2.13. The van der Waals surface area contributed by atoms with E-state index in [4.69, 9.17) is 0 Å². The number of hydrogen-bond acceptors (Lipinski definition) is 6. The van der Waals surface area contributed by atoms with Crippen LogP contribution in [0.2, 0.25) is 0 Å². The smallest absolute Gasteiger partial charge is 0.261 e. The highest BCUT2D eigenvalue weighted by Crippen LogP contribution is 2.23. The lowest BCUT2D eigenvalue weighted by molar-refractivity contribution is -0.116. The Labute approximate surface area is 173 Å². The highest BCUT2D eigenvalue weighted by Gasteiger charge is 2.34. The maximum absolute atomic E-state index is 12.3. The number of nitrogens with one attached hydrogen (secondary N) is 2. The van der Waals surface area contributed by atoms with Gasteiger partial charge in [-0.2, -0.15) is 0 Å². The fourth-order valence-electron chi connectivity index (χ4n) is 3.19. The number of amides is 3. The summed E-state index contributed by atoms with van der Waals surface area (Å²) in [4.78, 5) is 46.3. The van der Waals surface area contributed by atoms with Crippen LogP contribution in [0.4, 0.5) is 17.2 Å². The van der Waals surface area contributed by atoms with Crippen molar-refractivity contribution >= 4 is 34.9 Å². The van der Waals surface area contributed by atoms with Crippen molar-refractivity contribution in [3.8, 4) is 0 Å².